The molecule has 1 saturated heterocycles. The van der Waals surface area contributed by atoms with E-state index in [0.29, 0.717) is 36.6 Å². The Labute approximate surface area is 175 Å². The lowest BCUT2D eigenvalue weighted by Gasteiger charge is -2.16. The number of benzene rings is 2. The summed E-state index contributed by atoms with van der Waals surface area (Å²) in [5.41, 5.74) is 6.57. The molecule has 0 bridgehead atoms. The normalized spacial score (nSPS) is 15.9. The summed E-state index contributed by atoms with van der Waals surface area (Å²) in [6.45, 7) is 2.64. The maximum atomic E-state index is 12.6. The van der Waals surface area contributed by atoms with Gasteiger partial charge in [0.2, 0.25) is 11.8 Å². The van der Waals surface area contributed by atoms with Gasteiger partial charge in [-0.25, -0.2) is 5.43 Å². The maximum absolute atomic E-state index is 12.6. The molecule has 3 amide bonds. The number of rotatable bonds is 9. The third kappa shape index (κ3) is 4.96. The first kappa shape index (κ1) is 21.3. The fraction of sp³-hybridized carbons (Fsp3) is 0.318. The van der Waals surface area contributed by atoms with Crippen molar-refractivity contribution in [2.45, 2.75) is 25.8 Å². The standard InChI is InChI=1S/C22H25N3O5/c1-3-30-18-10-9-16(13-19(18)29-2)21(27)24-23-17-14-20(26)25(22(17)28)12-11-15-7-5-4-6-8-15/h4-10,13,17,23H,3,11-12,14H2,1-2H3,(H,24,27)/t17-/m0/s1. The summed E-state index contributed by atoms with van der Waals surface area (Å²) in [5.74, 6) is -0.0795. The van der Waals surface area contributed by atoms with E-state index in [1.165, 1.54) is 12.0 Å². The number of methoxy groups -OCH3 is 1. The molecule has 1 aliphatic rings. The molecule has 1 heterocycles. The monoisotopic (exact) mass is 411 g/mol. The van der Waals surface area contributed by atoms with Crippen LogP contribution in [-0.4, -0.2) is 48.9 Å². The highest BCUT2D eigenvalue weighted by Gasteiger charge is 2.38. The van der Waals surface area contributed by atoms with Crippen LogP contribution in [-0.2, 0) is 16.0 Å². The van der Waals surface area contributed by atoms with E-state index >= 15 is 0 Å². The van der Waals surface area contributed by atoms with Crippen LogP contribution >= 0.6 is 0 Å². The number of hydrogen-bond donors (Lipinski definition) is 2. The number of hydrogen-bond acceptors (Lipinski definition) is 6. The molecule has 8 nitrogen and oxygen atoms in total. The number of carbonyl (C=O) groups excluding carboxylic acids is 3. The Kier molecular flexibility index (Phi) is 7.03. The second-order valence-electron chi connectivity index (χ2n) is 6.77. The molecular weight excluding hydrogens is 386 g/mol. The zero-order valence-electron chi connectivity index (χ0n) is 17.0. The average molecular weight is 411 g/mol. The number of hydrazine groups is 1. The van der Waals surface area contributed by atoms with Crippen LogP contribution in [0.5, 0.6) is 11.5 Å². The maximum Gasteiger partial charge on any atom is 0.265 e. The molecule has 158 valence electrons. The van der Waals surface area contributed by atoms with Crippen LogP contribution in [0.3, 0.4) is 0 Å². The number of ether oxygens (including phenoxy) is 2. The Morgan fingerprint density at radius 3 is 2.60 bits per heavy atom. The van der Waals surface area contributed by atoms with Crippen LogP contribution in [0.25, 0.3) is 0 Å². The molecule has 1 aliphatic heterocycles. The van der Waals surface area contributed by atoms with Gasteiger partial charge in [0.05, 0.1) is 20.1 Å². The van der Waals surface area contributed by atoms with Crippen molar-refractivity contribution in [3.8, 4) is 11.5 Å². The van der Waals surface area contributed by atoms with Crippen LogP contribution < -0.4 is 20.3 Å². The van der Waals surface area contributed by atoms with Crippen molar-refractivity contribution < 1.29 is 23.9 Å². The Hall–Kier alpha value is -3.39. The first-order chi connectivity index (χ1) is 14.5. The molecule has 0 aliphatic carbocycles. The SMILES string of the molecule is CCOc1ccc(C(=O)NN[C@H]2CC(=O)N(CCc3ccccc3)C2=O)cc1OC. The van der Waals surface area contributed by atoms with Crippen LogP contribution in [0.4, 0.5) is 0 Å². The fourth-order valence-electron chi connectivity index (χ4n) is 3.22. The fourth-order valence-corrected chi connectivity index (χ4v) is 3.22. The number of amides is 3. The summed E-state index contributed by atoms with van der Waals surface area (Å²) in [6.07, 6.45) is 0.587. The van der Waals surface area contributed by atoms with E-state index in [1.54, 1.807) is 18.2 Å². The van der Waals surface area contributed by atoms with E-state index in [4.69, 9.17) is 9.47 Å². The lowest BCUT2D eigenvalue weighted by molar-refractivity contribution is -0.138. The van der Waals surface area contributed by atoms with Crippen LogP contribution in [0.2, 0.25) is 0 Å². The van der Waals surface area contributed by atoms with Crippen molar-refractivity contribution in [3.63, 3.8) is 0 Å². The number of carbonyl (C=O) groups is 3. The topological polar surface area (TPSA) is 97.0 Å². The van der Waals surface area contributed by atoms with Gasteiger partial charge in [-0.15, -0.1) is 0 Å². The van der Waals surface area contributed by atoms with Gasteiger partial charge in [-0.1, -0.05) is 30.3 Å². The van der Waals surface area contributed by atoms with E-state index in [0.717, 1.165) is 5.56 Å². The van der Waals surface area contributed by atoms with Crippen LogP contribution in [0.1, 0.15) is 29.3 Å². The smallest absolute Gasteiger partial charge is 0.265 e. The van der Waals surface area contributed by atoms with E-state index in [-0.39, 0.29) is 18.2 Å². The molecule has 0 unspecified atom stereocenters. The molecule has 2 aromatic carbocycles. The van der Waals surface area contributed by atoms with Crippen molar-refractivity contribution in [1.82, 2.24) is 15.8 Å². The van der Waals surface area contributed by atoms with Gasteiger partial charge in [0.15, 0.2) is 11.5 Å². The minimum atomic E-state index is -0.790. The highest BCUT2D eigenvalue weighted by atomic mass is 16.5. The predicted octanol–water partition coefficient (Wildman–Crippen LogP) is 1.70. The molecule has 1 fully saturated rings. The molecule has 8 heteroatoms. The van der Waals surface area contributed by atoms with E-state index < -0.39 is 11.9 Å². The van der Waals surface area contributed by atoms with Gasteiger partial charge in [0.25, 0.3) is 5.91 Å². The molecule has 0 spiro atoms. The molecular formula is C22H25N3O5. The van der Waals surface area contributed by atoms with Gasteiger partial charge in [-0.3, -0.25) is 24.7 Å². The Balaban J connectivity index is 1.56. The van der Waals surface area contributed by atoms with Crippen LogP contribution in [0.15, 0.2) is 48.5 Å². The molecule has 2 aromatic rings. The highest BCUT2D eigenvalue weighted by Crippen LogP contribution is 2.28. The predicted molar refractivity (Wildman–Crippen MR) is 110 cm³/mol. The lowest BCUT2D eigenvalue weighted by Crippen LogP contribution is -2.48. The summed E-state index contributed by atoms with van der Waals surface area (Å²) in [4.78, 5) is 38.5. The number of imide groups is 1. The molecule has 0 saturated carbocycles. The molecule has 30 heavy (non-hydrogen) atoms. The summed E-state index contributed by atoms with van der Waals surface area (Å²) >= 11 is 0. The molecule has 2 N–H and O–H groups in total. The number of nitrogens with one attached hydrogen (secondary N) is 2. The van der Waals surface area contributed by atoms with Crippen molar-refractivity contribution in [2.24, 2.45) is 0 Å². The number of nitrogens with zero attached hydrogens (tertiary/aromatic N) is 1. The minimum Gasteiger partial charge on any atom is -0.493 e. The average Bonchev–Trinajstić information content (AvgIpc) is 3.04. The summed E-state index contributed by atoms with van der Waals surface area (Å²) in [6, 6.07) is 13.6. The first-order valence-corrected chi connectivity index (χ1v) is 9.78. The lowest BCUT2D eigenvalue weighted by atomic mass is 10.1. The minimum absolute atomic E-state index is 0.000498. The number of likely N-dealkylation sites (tertiary alicyclic amines) is 1. The van der Waals surface area contributed by atoms with Gasteiger partial charge in [0, 0.05) is 12.1 Å². The zero-order valence-corrected chi connectivity index (χ0v) is 17.0. The Bertz CT molecular complexity index is 916. The quantitative estimate of drug-likeness (QED) is 0.482. The van der Waals surface area contributed by atoms with Gasteiger partial charge in [-0.2, -0.15) is 0 Å². The summed E-state index contributed by atoms with van der Waals surface area (Å²) in [5, 5.41) is 0. The van der Waals surface area contributed by atoms with Crippen molar-refractivity contribution >= 4 is 17.7 Å². The molecule has 1 atom stereocenters. The molecule has 0 aromatic heterocycles. The van der Waals surface area contributed by atoms with E-state index in [2.05, 4.69) is 10.9 Å². The first-order valence-electron chi connectivity index (χ1n) is 9.78. The molecule has 0 radical (unpaired) electrons. The largest absolute Gasteiger partial charge is 0.493 e. The highest BCUT2D eigenvalue weighted by molar-refractivity contribution is 6.05. The Morgan fingerprint density at radius 2 is 1.90 bits per heavy atom. The van der Waals surface area contributed by atoms with Gasteiger partial charge in [0.1, 0.15) is 6.04 Å². The van der Waals surface area contributed by atoms with Crippen molar-refractivity contribution in [1.29, 1.82) is 0 Å². The van der Waals surface area contributed by atoms with Gasteiger partial charge in [-0.05, 0) is 37.1 Å². The van der Waals surface area contributed by atoms with Gasteiger partial charge < -0.3 is 9.47 Å². The third-order valence-electron chi connectivity index (χ3n) is 4.80. The summed E-state index contributed by atoms with van der Waals surface area (Å²) < 4.78 is 10.7. The Morgan fingerprint density at radius 1 is 1.13 bits per heavy atom. The van der Waals surface area contributed by atoms with Crippen molar-refractivity contribution in [3.05, 3.63) is 59.7 Å². The van der Waals surface area contributed by atoms with E-state index in [1.807, 2.05) is 37.3 Å². The van der Waals surface area contributed by atoms with Crippen molar-refractivity contribution in [2.75, 3.05) is 20.3 Å². The zero-order chi connectivity index (χ0) is 21.5. The second-order valence-corrected chi connectivity index (χ2v) is 6.77. The van der Waals surface area contributed by atoms with Crippen LogP contribution in [0, 0.1) is 0 Å². The van der Waals surface area contributed by atoms with Gasteiger partial charge >= 0.3 is 0 Å². The van der Waals surface area contributed by atoms with E-state index in [9.17, 15) is 14.4 Å². The summed E-state index contributed by atoms with van der Waals surface area (Å²) in [7, 11) is 1.49. The molecule has 3 rings (SSSR count). The third-order valence-corrected chi connectivity index (χ3v) is 4.80. The second kappa shape index (κ2) is 9.89.